The molecule has 0 bridgehead atoms. The quantitative estimate of drug-likeness (QED) is 0.0858. The molecule has 1 saturated carbocycles. The van der Waals surface area contributed by atoms with Crippen molar-refractivity contribution in [3.63, 3.8) is 0 Å². The molecular weight excluding hydrogens is 827 g/mol. The van der Waals surface area contributed by atoms with Crippen molar-refractivity contribution < 1.29 is 30.0 Å². The van der Waals surface area contributed by atoms with E-state index >= 15 is 0 Å². The van der Waals surface area contributed by atoms with Crippen LogP contribution in [0.5, 0.6) is 0 Å². The van der Waals surface area contributed by atoms with E-state index in [9.17, 15) is 15.2 Å². The molecule has 2 heterocycles. The van der Waals surface area contributed by atoms with Crippen molar-refractivity contribution in [3.05, 3.63) is 83.4 Å². The van der Waals surface area contributed by atoms with Gasteiger partial charge in [0.15, 0.2) is 5.78 Å². The van der Waals surface area contributed by atoms with Crippen LogP contribution < -0.4 is 0 Å². The van der Waals surface area contributed by atoms with Crippen LogP contribution in [0.3, 0.4) is 0 Å². The molecule has 1 aliphatic rings. The summed E-state index contributed by atoms with van der Waals surface area (Å²) in [5.41, 5.74) is 6.15. The molecule has 0 spiro atoms. The molecule has 7 heteroatoms. The van der Waals surface area contributed by atoms with Crippen LogP contribution in [0.1, 0.15) is 117 Å². The summed E-state index contributed by atoms with van der Waals surface area (Å²) < 4.78 is 2.38. The van der Waals surface area contributed by atoms with Gasteiger partial charge in [-0.05, 0) is 55.1 Å². The first kappa shape index (κ1) is 40.3. The van der Waals surface area contributed by atoms with Crippen molar-refractivity contribution in [1.82, 2.24) is 9.97 Å². The molecule has 1 aliphatic carbocycles. The standard InChI is InChI=1S/C31H28N3S.C13H24O2.Ir/c1-31(2,3)26-16-23(15-22-13-21(17-32)9-10-24(22)26)28-30-29(34-18-33-28)25-11-8-20(14-27(25)35-30)12-19-6-4-5-7-19;1-5-10(6-2)12(14)9-13(15)11(7-3)8-4;/h8-11,13-14,16,18-19H,4-7,12H2,1-3H3;9-11,14H,5-8H2,1-4H3;/q-1;;/b;12-9-;. The molecule has 0 aliphatic heterocycles. The minimum Gasteiger partial charge on any atom is -0.512 e. The smallest absolute Gasteiger partial charge is 0.162 e. The van der Waals surface area contributed by atoms with E-state index in [1.165, 1.54) is 59.4 Å². The van der Waals surface area contributed by atoms with Gasteiger partial charge in [0.2, 0.25) is 0 Å². The largest absolute Gasteiger partial charge is 0.512 e. The fraction of sp³-hybridized carbons (Fsp3) is 0.455. The molecule has 0 atom stereocenters. The molecule has 0 amide bonds. The predicted molar refractivity (Wildman–Crippen MR) is 210 cm³/mol. The van der Waals surface area contributed by atoms with Crippen molar-refractivity contribution in [2.45, 2.75) is 112 Å². The van der Waals surface area contributed by atoms with E-state index in [0.29, 0.717) is 5.56 Å². The molecule has 0 unspecified atom stereocenters. The number of fused-ring (bicyclic) bond motifs is 4. The van der Waals surface area contributed by atoms with E-state index in [2.05, 4.69) is 63.2 Å². The maximum atomic E-state index is 11.7. The summed E-state index contributed by atoms with van der Waals surface area (Å²) in [5, 5.41) is 22.5. The summed E-state index contributed by atoms with van der Waals surface area (Å²) in [6.07, 6.45) is 13.2. The fourth-order valence-corrected chi connectivity index (χ4v) is 8.59. The molecule has 51 heavy (non-hydrogen) atoms. The van der Waals surface area contributed by atoms with Gasteiger partial charge < -0.3 is 5.11 Å². The Kier molecular flexibility index (Phi) is 14.1. The molecular formula is C44H52IrN3O2S-. The Balaban J connectivity index is 0.000000312. The van der Waals surface area contributed by atoms with Crippen molar-refractivity contribution in [2.75, 3.05) is 0 Å². The van der Waals surface area contributed by atoms with Gasteiger partial charge in [0.25, 0.3) is 0 Å². The number of carbonyl (C=O) groups excluding carboxylic acids is 1. The number of allylic oxidation sites excluding steroid dienone is 2. The SMILES string of the molecule is CC(C)(C)c1cc(-c2ncnc3c2sc2cc(CC4CCCC4)ccc23)[c-]c2cc(C#N)ccc12.CCC(CC)C(=O)/C=C(\O)C(CC)CC.[Ir]. The molecule has 0 saturated heterocycles. The predicted octanol–water partition coefficient (Wildman–Crippen LogP) is 12.2. The molecule has 6 rings (SSSR count). The first-order valence-corrected chi connectivity index (χ1v) is 19.3. The van der Waals surface area contributed by atoms with Crippen molar-refractivity contribution in [1.29, 1.82) is 5.26 Å². The zero-order valence-electron chi connectivity index (χ0n) is 31.2. The van der Waals surface area contributed by atoms with Gasteiger partial charge in [-0.25, -0.2) is 4.98 Å². The van der Waals surface area contributed by atoms with Crippen LogP contribution in [-0.2, 0) is 36.7 Å². The zero-order valence-corrected chi connectivity index (χ0v) is 34.4. The molecule has 5 aromatic rings. The second-order valence-corrected chi connectivity index (χ2v) is 16.0. The fourth-order valence-electron chi connectivity index (χ4n) is 7.37. The van der Waals surface area contributed by atoms with Crippen LogP contribution in [-0.4, -0.2) is 20.9 Å². The van der Waals surface area contributed by atoms with Gasteiger partial charge in [0, 0.05) is 64.1 Å². The third-order valence-corrected chi connectivity index (χ3v) is 11.6. The van der Waals surface area contributed by atoms with Crippen LogP contribution in [0.15, 0.2) is 60.6 Å². The summed E-state index contributed by atoms with van der Waals surface area (Å²) in [7, 11) is 0. The van der Waals surface area contributed by atoms with E-state index < -0.39 is 0 Å². The maximum absolute atomic E-state index is 11.7. The summed E-state index contributed by atoms with van der Waals surface area (Å²) in [5.74, 6) is 1.38. The number of nitrogens with zero attached hydrogens (tertiary/aromatic N) is 3. The Hall–Kier alpha value is -3.43. The minimum atomic E-state index is -0.0578. The van der Waals surface area contributed by atoms with E-state index in [1.54, 1.807) is 17.7 Å². The van der Waals surface area contributed by atoms with Gasteiger partial charge in [-0.3, -0.25) is 9.78 Å². The molecule has 1 fully saturated rings. The Labute approximate surface area is 322 Å². The van der Waals surface area contributed by atoms with E-state index in [4.69, 9.17) is 9.97 Å². The van der Waals surface area contributed by atoms with Crippen LogP contribution >= 0.6 is 11.3 Å². The average molecular weight is 879 g/mol. The van der Waals surface area contributed by atoms with Gasteiger partial charge in [-0.1, -0.05) is 109 Å². The van der Waals surface area contributed by atoms with E-state index in [1.807, 2.05) is 39.8 Å². The summed E-state index contributed by atoms with van der Waals surface area (Å²) >= 11 is 1.78. The number of hydrogen-bond acceptors (Lipinski definition) is 6. The third kappa shape index (κ3) is 9.33. The number of thiophene rings is 1. The Bertz CT molecular complexity index is 2040. The number of aliphatic hydroxyl groups excluding tert-OH is 1. The maximum Gasteiger partial charge on any atom is 0.162 e. The van der Waals surface area contributed by atoms with Gasteiger partial charge in [0.1, 0.15) is 6.33 Å². The Morgan fingerprint density at radius 2 is 1.65 bits per heavy atom. The van der Waals surface area contributed by atoms with Crippen LogP contribution in [0.4, 0.5) is 0 Å². The second kappa shape index (κ2) is 17.9. The molecule has 5 nitrogen and oxygen atoms in total. The van der Waals surface area contributed by atoms with Crippen LogP contribution in [0, 0.1) is 35.2 Å². The number of aromatic nitrogens is 2. The zero-order chi connectivity index (χ0) is 36.0. The summed E-state index contributed by atoms with van der Waals surface area (Å²) in [4.78, 5) is 21.2. The van der Waals surface area contributed by atoms with Crippen LogP contribution in [0.2, 0.25) is 0 Å². The van der Waals surface area contributed by atoms with Crippen molar-refractivity contribution >= 4 is 48.2 Å². The number of rotatable bonds is 10. The monoisotopic (exact) mass is 879 g/mol. The van der Waals surface area contributed by atoms with E-state index in [0.717, 1.165) is 63.8 Å². The second-order valence-electron chi connectivity index (χ2n) is 14.9. The number of carbonyl (C=O) groups is 1. The van der Waals surface area contributed by atoms with Gasteiger partial charge >= 0.3 is 0 Å². The van der Waals surface area contributed by atoms with Crippen molar-refractivity contribution in [2.24, 2.45) is 17.8 Å². The topological polar surface area (TPSA) is 86.9 Å². The van der Waals surface area contributed by atoms with E-state index in [-0.39, 0.29) is 48.9 Å². The molecule has 1 radical (unpaired) electrons. The number of nitriles is 1. The minimum absolute atomic E-state index is 0. The molecule has 2 aromatic heterocycles. The normalized spacial score (nSPS) is 13.8. The van der Waals surface area contributed by atoms with Gasteiger partial charge in [-0.15, -0.1) is 40.5 Å². The number of hydrogen-bond donors (Lipinski definition) is 1. The van der Waals surface area contributed by atoms with Crippen LogP contribution in [0.25, 0.3) is 42.3 Å². The molecule has 271 valence electrons. The van der Waals surface area contributed by atoms with Crippen molar-refractivity contribution in [3.8, 4) is 17.3 Å². The first-order valence-electron chi connectivity index (χ1n) is 18.5. The molecule has 3 aromatic carbocycles. The first-order chi connectivity index (χ1) is 24.0. The number of benzene rings is 3. The number of ketones is 1. The van der Waals surface area contributed by atoms with Gasteiger partial charge in [-0.2, -0.15) is 5.26 Å². The molecule has 1 N–H and O–H groups in total. The Morgan fingerprint density at radius 3 is 2.27 bits per heavy atom. The Morgan fingerprint density at radius 1 is 0.980 bits per heavy atom. The summed E-state index contributed by atoms with van der Waals surface area (Å²) in [6.45, 7) is 14.8. The average Bonchev–Trinajstić information content (AvgIpc) is 3.75. The number of aliphatic hydroxyl groups is 1. The van der Waals surface area contributed by atoms with Gasteiger partial charge in [0.05, 0.1) is 17.3 Å². The summed E-state index contributed by atoms with van der Waals surface area (Å²) in [6, 6.07) is 20.9. The third-order valence-electron chi connectivity index (χ3n) is 10.5.